The molecule has 0 saturated heterocycles. The van der Waals surface area contributed by atoms with Gasteiger partial charge in [0.25, 0.3) is 0 Å². The van der Waals surface area contributed by atoms with Gasteiger partial charge in [-0.05, 0) is 24.5 Å². The number of carbonyl (C=O) groups is 1. The molecule has 4 rings (SSSR count). The van der Waals surface area contributed by atoms with Crippen LogP contribution in [0.2, 0.25) is 0 Å². The number of ether oxygens (including phenoxy) is 2. The summed E-state index contributed by atoms with van der Waals surface area (Å²) in [6.07, 6.45) is 1.43. The van der Waals surface area contributed by atoms with Gasteiger partial charge in [0.05, 0.1) is 18.4 Å². The number of hydrogen-bond acceptors (Lipinski definition) is 7. The summed E-state index contributed by atoms with van der Waals surface area (Å²) in [6, 6.07) is 15.1. The monoisotopic (exact) mass is 408 g/mol. The summed E-state index contributed by atoms with van der Waals surface area (Å²) in [5, 5.41) is 9.02. The first-order chi connectivity index (χ1) is 14.2. The molecule has 0 fully saturated rings. The molecule has 148 valence electrons. The third-order valence-electron chi connectivity index (χ3n) is 4.67. The molecular weight excluding hydrogens is 388 g/mol. The maximum Gasteiger partial charge on any atom is 0.247 e. The van der Waals surface area contributed by atoms with Crippen molar-refractivity contribution in [2.24, 2.45) is 0 Å². The maximum atomic E-state index is 13.1. The molecule has 1 aliphatic heterocycles. The number of amides is 1. The van der Waals surface area contributed by atoms with Crippen molar-refractivity contribution in [3.63, 3.8) is 0 Å². The Labute approximate surface area is 173 Å². The van der Waals surface area contributed by atoms with Crippen LogP contribution in [0.25, 0.3) is 11.3 Å². The van der Waals surface area contributed by atoms with Gasteiger partial charge >= 0.3 is 0 Å². The Balaban J connectivity index is 2.00. The second-order valence-corrected chi connectivity index (χ2v) is 7.07. The Morgan fingerprint density at radius 1 is 1.17 bits per heavy atom. The molecule has 1 aromatic heterocycles. The number of methoxy groups -OCH3 is 1. The van der Waals surface area contributed by atoms with E-state index in [4.69, 9.17) is 9.47 Å². The van der Waals surface area contributed by atoms with E-state index < -0.39 is 6.23 Å². The van der Waals surface area contributed by atoms with Crippen molar-refractivity contribution in [2.75, 3.05) is 18.3 Å². The van der Waals surface area contributed by atoms with Gasteiger partial charge in [0.2, 0.25) is 23.2 Å². The van der Waals surface area contributed by atoms with Gasteiger partial charge in [-0.1, -0.05) is 49.0 Å². The average molecular weight is 408 g/mol. The molecule has 1 amide bonds. The fraction of sp³-hybridized carbons (Fsp3) is 0.238. The van der Waals surface area contributed by atoms with Crippen LogP contribution < -0.4 is 14.4 Å². The number of nitrogens with zero attached hydrogens (tertiary/aromatic N) is 4. The molecule has 8 heteroatoms. The van der Waals surface area contributed by atoms with E-state index in [-0.39, 0.29) is 5.91 Å². The van der Waals surface area contributed by atoms with Gasteiger partial charge in [0.15, 0.2) is 5.69 Å². The van der Waals surface area contributed by atoms with Gasteiger partial charge in [0, 0.05) is 12.0 Å². The quantitative estimate of drug-likeness (QED) is 0.601. The Morgan fingerprint density at radius 3 is 2.69 bits per heavy atom. The van der Waals surface area contributed by atoms with Crippen LogP contribution in [0, 0.1) is 0 Å². The highest BCUT2D eigenvalue weighted by Gasteiger charge is 2.36. The molecule has 0 spiro atoms. The van der Waals surface area contributed by atoms with Gasteiger partial charge in [-0.15, -0.1) is 10.2 Å². The van der Waals surface area contributed by atoms with E-state index in [9.17, 15) is 4.79 Å². The van der Waals surface area contributed by atoms with Crippen molar-refractivity contribution in [3.8, 4) is 22.9 Å². The summed E-state index contributed by atoms with van der Waals surface area (Å²) in [5.41, 5.74) is 2.67. The Bertz CT molecular complexity index is 1060. The fourth-order valence-corrected chi connectivity index (χ4v) is 3.61. The first kappa shape index (κ1) is 19.2. The summed E-state index contributed by atoms with van der Waals surface area (Å²) in [7, 11) is 1.60. The topological polar surface area (TPSA) is 77.4 Å². The van der Waals surface area contributed by atoms with Crippen LogP contribution in [0.1, 0.15) is 25.1 Å². The number of anilines is 1. The largest absolute Gasteiger partial charge is 0.496 e. The van der Waals surface area contributed by atoms with E-state index in [0.717, 1.165) is 11.1 Å². The highest BCUT2D eigenvalue weighted by Crippen LogP contribution is 2.44. The molecular formula is C21H20N4O3S. The normalized spacial score (nSPS) is 15.0. The van der Waals surface area contributed by atoms with Crippen LogP contribution in [0.15, 0.2) is 53.7 Å². The molecule has 29 heavy (non-hydrogen) atoms. The average Bonchev–Trinajstić information content (AvgIpc) is 2.92. The minimum absolute atomic E-state index is 0.0841. The number of para-hydroxylation sites is 2. The third-order valence-corrected chi connectivity index (χ3v) is 5.21. The SMILES string of the molecule is CCC(=O)N1c2ccccc2-c2nnc(SC)nc2O[C@@H]1c1ccccc1OC. The molecule has 0 saturated carbocycles. The molecule has 0 unspecified atom stereocenters. The van der Waals surface area contributed by atoms with Crippen molar-refractivity contribution < 1.29 is 14.3 Å². The third kappa shape index (κ3) is 3.40. The smallest absolute Gasteiger partial charge is 0.247 e. The number of carbonyl (C=O) groups excluding carboxylic acids is 1. The minimum atomic E-state index is -0.757. The number of aromatic nitrogens is 3. The van der Waals surface area contributed by atoms with E-state index in [1.54, 1.807) is 12.0 Å². The molecule has 1 aliphatic rings. The number of benzene rings is 2. The molecule has 3 aromatic rings. The predicted octanol–water partition coefficient (Wildman–Crippen LogP) is 4.10. The summed E-state index contributed by atoms with van der Waals surface area (Å²) >= 11 is 1.38. The molecule has 0 bridgehead atoms. The summed E-state index contributed by atoms with van der Waals surface area (Å²) in [4.78, 5) is 19.3. The van der Waals surface area contributed by atoms with Gasteiger partial charge in [-0.2, -0.15) is 4.98 Å². The van der Waals surface area contributed by atoms with Gasteiger partial charge in [-0.25, -0.2) is 0 Å². The van der Waals surface area contributed by atoms with Crippen LogP contribution >= 0.6 is 11.8 Å². The molecule has 0 radical (unpaired) electrons. The Morgan fingerprint density at radius 2 is 1.93 bits per heavy atom. The lowest BCUT2D eigenvalue weighted by Gasteiger charge is -2.31. The van der Waals surface area contributed by atoms with Gasteiger partial charge in [0.1, 0.15) is 5.75 Å². The Kier molecular flexibility index (Phi) is 5.35. The number of hydrogen-bond donors (Lipinski definition) is 0. The van der Waals surface area contributed by atoms with E-state index in [1.807, 2.05) is 61.7 Å². The lowest BCUT2D eigenvalue weighted by atomic mass is 10.1. The highest BCUT2D eigenvalue weighted by molar-refractivity contribution is 7.98. The fourth-order valence-electron chi connectivity index (χ4n) is 3.31. The van der Waals surface area contributed by atoms with E-state index >= 15 is 0 Å². The molecule has 2 heterocycles. The van der Waals surface area contributed by atoms with Crippen LogP contribution in [-0.4, -0.2) is 34.5 Å². The van der Waals surface area contributed by atoms with E-state index in [1.165, 1.54) is 11.8 Å². The summed E-state index contributed by atoms with van der Waals surface area (Å²) < 4.78 is 11.9. The van der Waals surface area contributed by atoms with Crippen LogP contribution in [-0.2, 0) is 4.79 Å². The second kappa shape index (κ2) is 8.08. The first-order valence-electron chi connectivity index (χ1n) is 9.17. The van der Waals surface area contributed by atoms with E-state index in [0.29, 0.717) is 34.6 Å². The lowest BCUT2D eigenvalue weighted by molar-refractivity contribution is -0.120. The van der Waals surface area contributed by atoms with Gasteiger partial charge in [-0.3, -0.25) is 9.69 Å². The van der Waals surface area contributed by atoms with Crippen molar-refractivity contribution in [3.05, 3.63) is 54.1 Å². The molecule has 1 atom stereocenters. The van der Waals surface area contributed by atoms with Crippen molar-refractivity contribution in [2.45, 2.75) is 24.7 Å². The number of thioether (sulfide) groups is 1. The van der Waals surface area contributed by atoms with Crippen LogP contribution in [0.5, 0.6) is 11.6 Å². The molecule has 7 nitrogen and oxygen atoms in total. The van der Waals surface area contributed by atoms with Crippen LogP contribution in [0.3, 0.4) is 0 Å². The van der Waals surface area contributed by atoms with Gasteiger partial charge < -0.3 is 9.47 Å². The zero-order valence-corrected chi connectivity index (χ0v) is 17.1. The number of fused-ring (bicyclic) bond motifs is 3. The zero-order chi connectivity index (χ0) is 20.4. The maximum absolute atomic E-state index is 13.1. The summed E-state index contributed by atoms with van der Waals surface area (Å²) in [5.74, 6) is 0.873. The van der Waals surface area contributed by atoms with E-state index in [2.05, 4.69) is 15.2 Å². The molecule has 0 N–H and O–H groups in total. The van der Waals surface area contributed by atoms with Crippen molar-refractivity contribution >= 4 is 23.4 Å². The van der Waals surface area contributed by atoms with Crippen molar-refractivity contribution in [1.82, 2.24) is 15.2 Å². The van der Waals surface area contributed by atoms with Crippen LogP contribution in [0.4, 0.5) is 5.69 Å². The predicted molar refractivity (Wildman–Crippen MR) is 111 cm³/mol. The first-order valence-corrected chi connectivity index (χ1v) is 10.4. The molecule has 2 aromatic carbocycles. The highest BCUT2D eigenvalue weighted by atomic mass is 32.2. The standard InChI is InChI=1S/C21H20N4O3S/c1-4-17(26)25-15-11-7-5-9-13(15)18-19(22-21(29-3)24-23-18)28-20(25)14-10-6-8-12-16(14)27-2/h5-12,20H,4H2,1-3H3/t20-/m1/s1. The second-order valence-electron chi connectivity index (χ2n) is 6.30. The zero-order valence-electron chi connectivity index (χ0n) is 16.3. The number of rotatable bonds is 4. The summed E-state index contributed by atoms with van der Waals surface area (Å²) in [6.45, 7) is 1.83. The van der Waals surface area contributed by atoms with Crippen molar-refractivity contribution in [1.29, 1.82) is 0 Å². The molecule has 0 aliphatic carbocycles. The lowest BCUT2D eigenvalue weighted by Crippen LogP contribution is -2.37. The minimum Gasteiger partial charge on any atom is -0.496 e. The Hall–Kier alpha value is -3.13.